The normalized spacial score (nSPS) is 17.4. The molecule has 1 fully saturated rings. The molecule has 5 rings (SSSR count). The Kier molecular flexibility index (Phi) is 7.62. The maximum Gasteiger partial charge on any atom is 0.265 e. The lowest BCUT2D eigenvalue weighted by Gasteiger charge is -2.31. The Labute approximate surface area is 226 Å². The average Bonchev–Trinajstić information content (AvgIpc) is 3.39. The molecule has 1 amide bonds. The second-order valence-electron chi connectivity index (χ2n) is 9.91. The van der Waals surface area contributed by atoms with E-state index in [0.717, 1.165) is 31.3 Å². The van der Waals surface area contributed by atoms with Crippen LogP contribution in [0.25, 0.3) is 11.3 Å². The number of fused-ring (bicyclic) bond motifs is 1. The van der Waals surface area contributed by atoms with Gasteiger partial charge >= 0.3 is 0 Å². The summed E-state index contributed by atoms with van der Waals surface area (Å²) in [5, 5.41) is 3.17. The number of carbonyl (C=O) groups is 1. The number of hydrogen-bond donors (Lipinski definition) is 1. The first-order chi connectivity index (χ1) is 18.8. The highest BCUT2D eigenvalue weighted by molar-refractivity contribution is 5.99. The van der Waals surface area contributed by atoms with Crippen LogP contribution in [0.4, 0.5) is 26.1 Å². The second-order valence-corrected chi connectivity index (χ2v) is 9.91. The predicted octanol–water partition coefficient (Wildman–Crippen LogP) is 4.06. The van der Waals surface area contributed by atoms with Gasteiger partial charge in [0.15, 0.2) is 12.4 Å². The smallest absolute Gasteiger partial charge is 0.265 e. The highest BCUT2D eigenvalue weighted by atomic mass is 19.1. The molecule has 2 aliphatic rings. The number of amides is 1. The zero-order valence-electron chi connectivity index (χ0n) is 22.5. The van der Waals surface area contributed by atoms with E-state index in [-0.39, 0.29) is 29.9 Å². The van der Waals surface area contributed by atoms with Crippen molar-refractivity contribution in [1.82, 2.24) is 19.8 Å². The Balaban J connectivity index is 1.50. The zero-order valence-corrected chi connectivity index (χ0v) is 22.5. The van der Waals surface area contributed by atoms with Crippen LogP contribution in [0.3, 0.4) is 0 Å². The van der Waals surface area contributed by atoms with E-state index in [0.29, 0.717) is 41.8 Å². The van der Waals surface area contributed by atoms with E-state index < -0.39 is 11.6 Å². The Morgan fingerprint density at radius 3 is 2.77 bits per heavy atom. The summed E-state index contributed by atoms with van der Waals surface area (Å²) in [6.07, 6.45) is 2.13. The van der Waals surface area contributed by atoms with E-state index in [1.165, 1.54) is 25.3 Å². The number of carbonyl (C=O) groups excluding carboxylic acids is 1. The Hall–Kier alpha value is -3.83. The van der Waals surface area contributed by atoms with Crippen LogP contribution in [-0.2, 0) is 11.3 Å². The van der Waals surface area contributed by atoms with Gasteiger partial charge in [-0.15, -0.1) is 0 Å². The number of nitrogens with zero attached hydrogens (tertiary/aromatic N) is 5. The van der Waals surface area contributed by atoms with Crippen LogP contribution in [0.15, 0.2) is 36.5 Å². The van der Waals surface area contributed by atoms with Gasteiger partial charge in [0.1, 0.15) is 23.0 Å². The molecule has 1 saturated heterocycles. The molecule has 1 aromatic heterocycles. The molecule has 39 heavy (non-hydrogen) atoms. The molecule has 2 aliphatic heterocycles. The number of likely N-dealkylation sites (N-methyl/N-ethyl adjacent to an activating group) is 2. The monoisotopic (exact) mass is 538 g/mol. The van der Waals surface area contributed by atoms with Gasteiger partial charge in [0, 0.05) is 55.1 Å². The first-order valence-corrected chi connectivity index (χ1v) is 12.9. The van der Waals surface area contributed by atoms with E-state index >= 15 is 0 Å². The molecule has 3 heterocycles. The lowest BCUT2D eigenvalue weighted by molar-refractivity contribution is -0.121. The molecular formula is C28H32F2N6O3. The molecule has 1 N–H and O–H groups in total. The minimum atomic E-state index is -0.669. The number of aromatic nitrogens is 2. The van der Waals surface area contributed by atoms with Gasteiger partial charge < -0.3 is 24.6 Å². The molecule has 11 heteroatoms. The lowest BCUT2D eigenvalue weighted by Crippen LogP contribution is -2.39. The average molecular weight is 539 g/mol. The highest BCUT2D eigenvalue weighted by Gasteiger charge is 2.30. The highest BCUT2D eigenvalue weighted by Crippen LogP contribution is 2.40. The van der Waals surface area contributed by atoms with Gasteiger partial charge in [-0.2, -0.15) is 0 Å². The molecule has 0 aliphatic carbocycles. The van der Waals surface area contributed by atoms with Gasteiger partial charge in [-0.1, -0.05) is 0 Å². The van der Waals surface area contributed by atoms with Crippen LogP contribution >= 0.6 is 0 Å². The number of nitrogens with one attached hydrogen (secondary N) is 1. The standard InChI is InChI=1S/C28H32F2N6O3/c1-5-36-23-12-19(10-17(27(23)39-16-25(36)37)14-35-9-8-20(15-35)34(2)3)32-28-31-13-22(30)26(33-28)21-7-6-18(29)11-24(21)38-4/h6-7,10-13,20H,5,8-9,14-16H2,1-4H3,(H,31,32,33). The van der Waals surface area contributed by atoms with Gasteiger partial charge in [-0.25, -0.2) is 18.7 Å². The topological polar surface area (TPSA) is 83.1 Å². The number of hydrogen-bond acceptors (Lipinski definition) is 8. The molecule has 0 spiro atoms. The third-order valence-corrected chi connectivity index (χ3v) is 7.18. The van der Waals surface area contributed by atoms with Crippen molar-refractivity contribution in [3.63, 3.8) is 0 Å². The molecule has 3 aromatic rings. The molecule has 0 radical (unpaired) electrons. The first kappa shape index (κ1) is 26.8. The molecule has 9 nitrogen and oxygen atoms in total. The summed E-state index contributed by atoms with van der Waals surface area (Å²) >= 11 is 0. The molecule has 206 valence electrons. The number of benzene rings is 2. The van der Waals surface area contributed by atoms with Crippen molar-refractivity contribution in [3.05, 3.63) is 53.7 Å². The van der Waals surface area contributed by atoms with Crippen LogP contribution in [-0.4, -0.2) is 79.2 Å². The SMILES string of the molecule is CCN1C(=O)COc2c(CN3CCC(N(C)C)C3)cc(Nc3ncc(F)c(-c4ccc(F)cc4OC)n3)cc21. The number of rotatable bonds is 8. The Bertz CT molecular complexity index is 1390. The first-order valence-electron chi connectivity index (χ1n) is 12.9. The van der Waals surface area contributed by atoms with Gasteiger partial charge in [0.25, 0.3) is 5.91 Å². The van der Waals surface area contributed by atoms with Crippen LogP contribution in [0.1, 0.15) is 18.9 Å². The fraction of sp³-hybridized carbons (Fsp3) is 0.393. The number of methoxy groups -OCH3 is 1. The van der Waals surface area contributed by atoms with Crippen LogP contribution in [0.2, 0.25) is 0 Å². The number of halogens is 2. The van der Waals surface area contributed by atoms with E-state index in [9.17, 15) is 13.6 Å². The Morgan fingerprint density at radius 1 is 1.23 bits per heavy atom. The van der Waals surface area contributed by atoms with Crippen molar-refractivity contribution in [2.45, 2.75) is 25.9 Å². The number of ether oxygens (including phenoxy) is 2. The van der Waals surface area contributed by atoms with Crippen molar-refractivity contribution < 1.29 is 23.0 Å². The second kappa shape index (κ2) is 11.1. The van der Waals surface area contributed by atoms with Crippen LogP contribution in [0, 0.1) is 11.6 Å². The fourth-order valence-corrected chi connectivity index (χ4v) is 5.15. The van der Waals surface area contributed by atoms with E-state index in [2.05, 4.69) is 39.2 Å². The van der Waals surface area contributed by atoms with E-state index in [1.807, 2.05) is 19.1 Å². The van der Waals surface area contributed by atoms with Gasteiger partial charge in [-0.05, 0) is 51.7 Å². The number of anilines is 3. The van der Waals surface area contributed by atoms with Gasteiger partial charge in [0.2, 0.25) is 5.95 Å². The number of likely N-dealkylation sites (tertiary alicyclic amines) is 1. The summed E-state index contributed by atoms with van der Waals surface area (Å²) in [5.74, 6) is -0.304. The summed E-state index contributed by atoms with van der Waals surface area (Å²) in [7, 11) is 5.56. The quantitative estimate of drug-likeness (QED) is 0.460. The van der Waals surface area contributed by atoms with Crippen molar-refractivity contribution in [2.75, 3.05) is 57.7 Å². The lowest BCUT2D eigenvalue weighted by atomic mass is 10.1. The third-order valence-electron chi connectivity index (χ3n) is 7.18. The van der Waals surface area contributed by atoms with Crippen LogP contribution in [0.5, 0.6) is 11.5 Å². The van der Waals surface area contributed by atoms with Gasteiger partial charge in [0.05, 0.1) is 19.0 Å². The third kappa shape index (κ3) is 5.50. The molecule has 1 atom stereocenters. The summed E-state index contributed by atoms with van der Waals surface area (Å²) in [6, 6.07) is 8.06. The largest absolute Gasteiger partial charge is 0.496 e. The van der Waals surface area contributed by atoms with Crippen LogP contribution < -0.4 is 19.7 Å². The summed E-state index contributed by atoms with van der Waals surface area (Å²) < 4.78 is 39.7. The minimum absolute atomic E-state index is 0.00905. The summed E-state index contributed by atoms with van der Waals surface area (Å²) in [6.45, 7) is 4.93. The maximum absolute atomic E-state index is 14.8. The molecule has 2 aromatic carbocycles. The maximum atomic E-state index is 14.8. The van der Waals surface area contributed by atoms with Crippen molar-refractivity contribution in [2.24, 2.45) is 0 Å². The zero-order chi connectivity index (χ0) is 27.7. The molecule has 0 bridgehead atoms. The van der Waals surface area contributed by atoms with Crippen molar-refractivity contribution in [3.8, 4) is 22.8 Å². The summed E-state index contributed by atoms with van der Waals surface area (Å²) in [5.41, 5.74) is 2.51. The van der Waals surface area contributed by atoms with E-state index in [4.69, 9.17) is 9.47 Å². The van der Waals surface area contributed by atoms with Gasteiger partial charge in [-0.3, -0.25) is 9.69 Å². The Morgan fingerprint density at radius 2 is 2.05 bits per heavy atom. The van der Waals surface area contributed by atoms with Crippen molar-refractivity contribution >= 4 is 23.2 Å². The van der Waals surface area contributed by atoms with Crippen molar-refractivity contribution in [1.29, 1.82) is 0 Å². The predicted molar refractivity (Wildman–Crippen MR) is 145 cm³/mol. The molecular weight excluding hydrogens is 506 g/mol. The molecule has 0 saturated carbocycles. The molecule has 1 unspecified atom stereocenters. The minimum Gasteiger partial charge on any atom is -0.496 e. The summed E-state index contributed by atoms with van der Waals surface area (Å²) in [4.78, 5) is 27.4. The fourth-order valence-electron chi connectivity index (χ4n) is 5.15. The van der Waals surface area contributed by atoms with E-state index in [1.54, 1.807) is 4.90 Å².